The molecule has 176 valence electrons. The summed E-state index contributed by atoms with van der Waals surface area (Å²) < 4.78 is 18.2. The van der Waals surface area contributed by atoms with E-state index in [2.05, 4.69) is 20.3 Å². The molecular formula is C24H31N5O4. The molecule has 9 nitrogen and oxygen atoms in total. The summed E-state index contributed by atoms with van der Waals surface area (Å²) in [5, 5.41) is 8.44. The highest BCUT2D eigenvalue weighted by Gasteiger charge is 2.25. The Kier molecular flexibility index (Phi) is 6.80. The minimum Gasteiger partial charge on any atom is -0.493 e. The van der Waals surface area contributed by atoms with E-state index in [0.29, 0.717) is 42.5 Å². The summed E-state index contributed by atoms with van der Waals surface area (Å²) in [7, 11) is 5.10. The molecule has 1 aromatic carbocycles. The van der Waals surface area contributed by atoms with Gasteiger partial charge in [-0.25, -0.2) is 4.98 Å². The Morgan fingerprint density at radius 1 is 1.12 bits per heavy atom. The van der Waals surface area contributed by atoms with Crippen LogP contribution in [0, 0.1) is 13.8 Å². The summed E-state index contributed by atoms with van der Waals surface area (Å²) in [4.78, 5) is 20.1. The quantitative estimate of drug-likeness (QED) is 0.587. The SMILES string of the molecule is COc1ccc(C(CNC(=O)c2cc3c(C)nn(C)c3nc2C)N2CCOCC2)cc1OC. The van der Waals surface area contributed by atoms with Gasteiger partial charge in [-0.1, -0.05) is 6.07 Å². The van der Waals surface area contributed by atoms with Crippen molar-refractivity contribution in [3.8, 4) is 11.5 Å². The van der Waals surface area contributed by atoms with Crippen molar-refractivity contribution in [3.05, 3.63) is 46.8 Å². The Morgan fingerprint density at radius 3 is 2.55 bits per heavy atom. The maximum atomic E-state index is 13.2. The van der Waals surface area contributed by atoms with Crippen molar-refractivity contribution in [2.45, 2.75) is 19.9 Å². The summed E-state index contributed by atoms with van der Waals surface area (Å²) in [6.45, 7) is 7.12. The second kappa shape index (κ2) is 9.76. The molecule has 1 fully saturated rings. The Bertz CT molecular complexity index is 1150. The molecule has 0 aliphatic carbocycles. The first-order valence-corrected chi connectivity index (χ1v) is 11.1. The summed E-state index contributed by atoms with van der Waals surface area (Å²) in [6.07, 6.45) is 0. The minimum absolute atomic E-state index is 0.0326. The number of morpholine rings is 1. The van der Waals surface area contributed by atoms with Crippen molar-refractivity contribution in [3.63, 3.8) is 0 Å². The zero-order valence-electron chi connectivity index (χ0n) is 19.8. The Morgan fingerprint density at radius 2 is 1.85 bits per heavy atom. The zero-order chi connectivity index (χ0) is 23.5. The van der Waals surface area contributed by atoms with E-state index in [0.717, 1.165) is 35.4 Å². The van der Waals surface area contributed by atoms with E-state index in [-0.39, 0.29) is 11.9 Å². The van der Waals surface area contributed by atoms with Crippen LogP contribution in [0.2, 0.25) is 0 Å². The van der Waals surface area contributed by atoms with Crippen molar-refractivity contribution in [1.29, 1.82) is 0 Å². The lowest BCUT2D eigenvalue weighted by atomic mass is 10.0. The second-order valence-corrected chi connectivity index (χ2v) is 8.19. The zero-order valence-corrected chi connectivity index (χ0v) is 19.8. The number of ether oxygens (including phenoxy) is 3. The fourth-order valence-electron chi connectivity index (χ4n) is 4.35. The third-order valence-electron chi connectivity index (χ3n) is 6.17. The van der Waals surface area contributed by atoms with Gasteiger partial charge in [-0.3, -0.25) is 14.4 Å². The van der Waals surface area contributed by atoms with Crippen LogP contribution >= 0.6 is 0 Å². The highest BCUT2D eigenvalue weighted by atomic mass is 16.5. The van der Waals surface area contributed by atoms with Crippen molar-refractivity contribution in [2.24, 2.45) is 7.05 Å². The number of aromatic nitrogens is 3. The van der Waals surface area contributed by atoms with Crippen LogP contribution in [0.1, 0.15) is 33.4 Å². The molecule has 1 amide bonds. The Balaban J connectivity index is 1.59. The van der Waals surface area contributed by atoms with Gasteiger partial charge in [-0.15, -0.1) is 0 Å². The van der Waals surface area contributed by atoms with Crippen LogP contribution in [0.3, 0.4) is 0 Å². The summed E-state index contributed by atoms with van der Waals surface area (Å²) in [5.41, 5.74) is 3.91. The van der Waals surface area contributed by atoms with E-state index in [4.69, 9.17) is 14.2 Å². The number of amides is 1. The van der Waals surface area contributed by atoms with Crippen LogP contribution in [0.15, 0.2) is 24.3 Å². The van der Waals surface area contributed by atoms with Crippen LogP contribution in [0.5, 0.6) is 11.5 Å². The number of carbonyl (C=O) groups is 1. The first kappa shape index (κ1) is 23.0. The largest absolute Gasteiger partial charge is 0.493 e. The fraction of sp³-hybridized carbons (Fsp3) is 0.458. The molecule has 1 atom stereocenters. The van der Waals surface area contributed by atoms with E-state index in [1.54, 1.807) is 18.9 Å². The van der Waals surface area contributed by atoms with Gasteiger partial charge >= 0.3 is 0 Å². The maximum Gasteiger partial charge on any atom is 0.253 e. The van der Waals surface area contributed by atoms with Crippen LogP contribution in [0.25, 0.3) is 11.0 Å². The smallest absolute Gasteiger partial charge is 0.253 e. The van der Waals surface area contributed by atoms with Crippen LogP contribution < -0.4 is 14.8 Å². The third-order valence-corrected chi connectivity index (χ3v) is 6.17. The van der Waals surface area contributed by atoms with Crippen molar-refractivity contribution in [2.75, 3.05) is 47.1 Å². The van der Waals surface area contributed by atoms with Crippen molar-refractivity contribution >= 4 is 16.9 Å². The topological polar surface area (TPSA) is 90.7 Å². The minimum atomic E-state index is -0.149. The standard InChI is InChI=1S/C24H31N5O4/c1-15-19(13-18-16(2)27-28(3)23(18)26-15)24(30)25-14-20(29-8-10-33-11-9-29)17-6-7-21(31-4)22(12-17)32-5/h6-7,12-13,20H,8-11,14H2,1-5H3,(H,25,30). The molecule has 1 saturated heterocycles. The number of pyridine rings is 1. The molecule has 4 rings (SSSR count). The molecule has 3 heterocycles. The number of nitrogens with one attached hydrogen (secondary N) is 1. The number of rotatable bonds is 7. The number of aryl methyl sites for hydroxylation is 3. The predicted octanol–water partition coefficient (Wildman–Crippen LogP) is 2.41. The van der Waals surface area contributed by atoms with E-state index in [9.17, 15) is 4.79 Å². The molecule has 9 heteroatoms. The lowest BCUT2D eigenvalue weighted by molar-refractivity contribution is 0.0162. The average Bonchev–Trinajstić information content (AvgIpc) is 3.11. The van der Waals surface area contributed by atoms with E-state index < -0.39 is 0 Å². The van der Waals surface area contributed by atoms with E-state index in [1.165, 1.54) is 0 Å². The molecule has 0 spiro atoms. The molecule has 1 unspecified atom stereocenters. The lowest BCUT2D eigenvalue weighted by Crippen LogP contribution is -2.44. The number of methoxy groups -OCH3 is 2. The first-order valence-electron chi connectivity index (χ1n) is 11.1. The molecule has 0 bridgehead atoms. The average molecular weight is 454 g/mol. The summed E-state index contributed by atoms with van der Waals surface area (Å²) in [6, 6.07) is 7.75. The van der Waals surface area contributed by atoms with Gasteiger partial charge in [0.2, 0.25) is 0 Å². The molecule has 1 aliphatic rings. The van der Waals surface area contributed by atoms with E-state index >= 15 is 0 Å². The van der Waals surface area contributed by atoms with Gasteiger partial charge in [0.25, 0.3) is 5.91 Å². The first-order chi connectivity index (χ1) is 15.9. The maximum absolute atomic E-state index is 13.2. The van der Waals surface area contributed by atoms with Crippen molar-refractivity contribution < 1.29 is 19.0 Å². The number of hydrogen-bond acceptors (Lipinski definition) is 7. The fourth-order valence-corrected chi connectivity index (χ4v) is 4.35. The summed E-state index contributed by atoms with van der Waals surface area (Å²) in [5.74, 6) is 1.19. The summed E-state index contributed by atoms with van der Waals surface area (Å²) >= 11 is 0. The van der Waals surface area contributed by atoms with Crippen LogP contribution in [-0.4, -0.2) is 72.6 Å². The number of fused-ring (bicyclic) bond motifs is 1. The van der Waals surface area contributed by atoms with Gasteiger partial charge in [0.1, 0.15) is 0 Å². The highest BCUT2D eigenvalue weighted by Crippen LogP contribution is 2.32. The Hall–Kier alpha value is -3.17. The van der Waals surface area contributed by atoms with Crippen LogP contribution in [-0.2, 0) is 11.8 Å². The normalized spacial score (nSPS) is 15.4. The molecule has 0 saturated carbocycles. The van der Waals surface area contributed by atoms with Crippen molar-refractivity contribution in [1.82, 2.24) is 25.0 Å². The van der Waals surface area contributed by atoms with Gasteiger partial charge in [0, 0.05) is 32.1 Å². The molecular weight excluding hydrogens is 422 g/mol. The molecule has 1 N–H and O–H groups in total. The molecule has 33 heavy (non-hydrogen) atoms. The van der Waals surface area contributed by atoms with Gasteiger partial charge in [-0.2, -0.15) is 5.10 Å². The highest BCUT2D eigenvalue weighted by molar-refractivity contribution is 5.98. The van der Waals surface area contributed by atoms with Gasteiger partial charge in [0.05, 0.1) is 50.4 Å². The lowest BCUT2D eigenvalue weighted by Gasteiger charge is -2.35. The number of carbonyl (C=O) groups excluding carboxylic acids is 1. The Labute approximate surface area is 193 Å². The molecule has 2 aromatic heterocycles. The van der Waals surface area contributed by atoms with Gasteiger partial charge in [-0.05, 0) is 37.6 Å². The van der Waals surface area contributed by atoms with Crippen LogP contribution in [0.4, 0.5) is 0 Å². The van der Waals surface area contributed by atoms with Gasteiger partial charge in [0.15, 0.2) is 17.1 Å². The molecule has 1 aliphatic heterocycles. The monoisotopic (exact) mass is 453 g/mol. The third kappa shape index (κ3) is 4.65. The van der Waals surface area contributed by atoms with Gasteiger partial charge < -0.3 is 19.5 Å². The molecule has 0 radical (unpaired) electrons. The van der Waals surface area contributed by atoms with E-state index in [1.807, 2.05) is 45.2 Å². The number of benzene rings is 1. The molecule has 3 aromatic rings. The predicted molar refractivity (Wildman–Crippen MR) is 125 cm³/mol. The number of hydrogen-bond donors (Lipinski definition) is 1. The number of nitrogens with zero attached hydrogens (tertiary/aromatic N) is 4. The second-order valence-electron chi connectivity index (χ2n) is 8.19.